The summed E-state index contributed by atoms with van der Waals surface area (Å²) in [5.74, 6) is 1.46. The summed E-state index contributed by atoms with van der Waals surface area (Å²) in [6, 6.07) is 6.00. The molecule has 0 saturated heterocycles. The molecule has 1 aliphatic carbocycles. The maximum atomic E-state index is 10.1. The first kappa shape index (κ1) is 16.1. The number of rotatable bonds is 7. The highest BCUT2D eigenvalue weighted by molar-refractivity contribution is 5.43. The fraction of sp³-hybridized carbons (Fsp3) is 0.647. The van der Waals surface area contributed by atoms with E-state index >= 15 is 0 Å². The van der Waals surface area contributed by atoms with Crippen LogP contribution in [0.1, 0.15) is 44.6 Å². The van der Waals surface area contributed by atoms with E-state index in [2.05, 4.69) is 12.2 Å². The predicted molar refractivity (Wildman–Crippen MR) is 83.9 cm³/mol. The fourth-order valence-corrected chi connectivity index (χ4v) is 2.71. The highest BCUT2D eigenvalue weighted by Gasteiger charge is 2.25. The highest BCUT2D eigenvalue weighted by Crippen LogP contribution is 2.32. The SMILES string of the molecule is CCCNCc1ccc(OC)c(OC2CCCCC2O)c1. The van der Waals surface area contributed by atoms with Gasteiger partial charge in [-0.2, -0.15) is 0 Å². The number of nitrogens with one attached hydrogen (secondary N) is 1. The van der Waals surface area contributed by atoms with Crippen molar-refractivity contribution in [3.05, 3.63) is 23.8 Å². The van der Waals surface area contributed by atoms with E-state index < -0.39 is 0 Å². The van der Waals surface area contributed by atoms with Crippen LogP contribution in [0.3, 0.4) is 0 Å². The Morgan fingerprint density at radius 3 is 2.76 bits per heavy atom. The molecule has 2 unspecified atom stereocenters. The van der Waals surface area contributed by atoms with Crippen molar-refractivity contribution < 1.29 is 14.6 Å². The van der Waals surface area contributed by atoms with Gasteiger partial charge in [0.15, 0.2) is 11.5 Å². The quantitative estimate of drug-likeness (QED) is 0.759. The lowest BCUT2D eigenvalue weighted by Crippen LogP contribution is -2.34. The van der Waals surface area contributed by atoms with Gasteiger partial charge in [-0.05, 0) is 49.9 Å². The van der Waals surface area contributed by atoms with E-state index in [9.17, 15) is 5.11 Å². The van der Waals surface area contributed by atoms with Crippen LogP contribution >= 0.6 is 0 Å². The molecule has 4 heteroatoms. The largest absolute Gasteiger partial charge is 0.493 e. The van der Waals surface area contributed by atoms with Crippen LogP contribution in [0.4, 0.5) is 0 Å². The maximum Gasteiger partial charge on any atom is 0.162 e. The van der Waals surface area contributed by atoms with E-state index in [1.165, 1.54) is 5.56 Å². The summed E-state index contributed by atoms with van der Waals surface area (Å²) in [6.07, 6.45) is 4.55. The lowest BCUT2D eigenvalue weighted by atomic mass is 9.95. The second-order valence-electron chi connectivity index (χ2n) is 5.67. The lowest BCUT2D eigenvalue weighted by Gasteiger charge is -2.29. The molecule has 118 valence electrons. The van der Waals surface area contributed by atoms with Crippen molar-refractivity contribution in [3.8, 4) is 11.5 Å². The summed E-state index contributed by atoms with van der Waals surface area (Å²) in [5, 5.41) is 13.4. The fourth-order valence-electron chi connectivity index (χ4n) is 2.71. The van der Waals surface area contributed by atoms with Crippen molar-refractivity contribution in [2.24, 2.45) is 0 Å². The van der Waals surface area contributed by atoms with E-state index in [1.807, 2.05) is 18.2 Å². The number of hydrogen-bond acceptors (Lipinski definition) is 4. The Morgan fingerprint density at radius 2 is 2.05 bits per heavy atom. The molecule has 1 aromatic rings. The summed E-state index contributed by atoms with van der Waals surface area (Å²) in [6.45, 7) is 3.98. The molecule has 1 saturated carbocycles. The minimum absolute atomic E-state index is 0.119. The van der Waals surface area contributed by atoms with Crippen LogP contribution in [0.2, 0.25) is 0 Å². The molecule has 0 spiro atoms. The third-order valence-corrected chi connectivity index (χ3v) is 3.93. The van der Waals surface area contributed by atoms with Gasteiger partial charge in [-0.1, -0.05) is 19.4 Å². The van der Waals surface area contributed by atoms with Gasteiger partial charge in [0.25, 0.3) is 0 Å². The Bertz CT molecular complexity index is 436. The van der Waals surface area contributed by atoms with Crippen LogP contribution in [0.15, 0.2) is 18.2 Å². The Morgan fingerprint density at radius 1 is 1.24 bits per heavy atom. The first-order chi connectivity index (χ1) is 10.2. The zero-order valence-electron chi connectivity index (χ0n) is 13.1. The van der Waals surface area contributed by atoms with E-state index in [1.54, 1.807) is 7.11 Å². The van der Waals surface area contributed by atoms with E-state index in [-0.39, 0.29) is 12.2 Å². The van der Waals surface area contributed by atoms with Gasteiger partial charge >= 0.3 is 0 Å². The van der Waals surface area contributed by atoms with E-state index in [4.69, 9.17) is 9.47 Å². The molecule has 2 rings (SSSR count). The van der Waals surface area contributed by atoms with Crippen molar-refractivity contribution in [2.45, 2.75) is 57.8 Å². The van der Waals surface area contributed by atoms with Crippen LogP contribution in [0.5, 0.6) is 11.5 Å². The summed E-state index contributed by atoms with van der Waals surface area (Å²) in [7, 11) is 1.65. The first-order valence-corrected chi connectivity index (χ1v) is 7.97. The van der Waals surface area contributed by atoms with Gasteiger partial charge in [0.1, 0.15) is 6.10 Å². The van der Waals surface area contributed by atoms with Crippen LogP contribution in [-0.4, -0.2) is 31.0 Å². The van der Waals surface area contributed by atoms with E-state index in [0.717, 1.165) is 56.7 Å². The second kappa shape index (κ2) is 8.25. The van der Waals surface area contributed by atoms with Crippen LogP contribution < -0.4 is 14.8 Å². The zero-order chi connectivity index (χ0) is 15.1. The minimum Gasteiger partial charge on any atom is -0.493 e. The van der Waals surface area contributed by atoms with Gasteiger partial charge in [-0.15, -0.1) is 0 Å². The summed E-state index contributed by atoms with van der Waals surface area (Å²) >= 11 is 0. The average Bonchev–Trinajstić information content (AvgIpc) is 2.50. The van der Waals surface area contributed by atoms with Crippen molar-refractivity contribution in [1.29, 1.82) is 0 Å². The zero-order valence-corrected chi connectivity index (χ0v) is 13.1. The molecule has 2 atom stereocenters. The van der Waals surface area contributed by atoms with Crippen LogP contribution in [0.25, 0.3) is 0 Å². The normalized spacial score (nSPS) is 22.0. The number of hydrogen-bond donors (Lipinski definition) is 2. The number of methoxy groups -OCH3 is 1. The number of aliphatic hydroxyl groups is 1. The molecule has 4 nitrogen and oxygen atoms in total. The van der Waals surface area contributed by atoms with Gasteiger partial charge in [0.05, 0.1) is 13.2 Å². The summed E-state index contributed by atoms with van der Waals surface area (Å²) in [4.78, 5) is 0. The predicted octanol–water partition coefficient (Wildman–Crippen LogP) is 2.88. The third-order valence-electron chi connectivity index (χ3n) is 3.93. The monoisotopic (exact) mass is 293 g/mol. The molecule has 2 N–H and O–H groups in total. The molecule has 0 radical (unpaired) electrons. The third kappa shape index (κ3) is 4.61. The van der Waals surface area contributed by atoms with Gasteiger partial charge in [-0.25, -0.2) is 0 Å². The van der Waals surface area contributed by atoms with Gasteiger partial charge in [-0.3, -0.25) is 0 Å². The molecular weight excluding hydrogens is 266 g/mol. The molecule has 21 heavy (non-hydrogen) atoms. The Kier molecular flexibility index (Phi) is 6.33. The highest BCUT2D eigenvalue weighted by atomic mass is 16.5. The first-order valence-electron chi connectivity index (χ1n) is 7.97. The van der Waals surface area contributed by atoms with Crippen LogP contribution in [0, 0.1) is 0 Å². The van der Waals surface area contributed by atoms with Crippen LogP contribution in [-0.2, 0) is 6.54 Å². The number of benzene rings is 1. The Balaban J connectivity index is 2.06. The maximum absolute atomic E-state index is 10.1. The van der Waals surface area contributed by atoms with Gasteiger partial charge in [0.2, 0.25) is 0 Å². The Hall–Kier alpha value is -1.26. The summed E-state index contributed by atoms with van der Waals surface area (Å²) < 4.78 is 11.4. The lowest BCUT2D eigenvalue weighted by molar-refractivity contribution is 0.00564. The van der Waals surface area contributed by atoms with Crippen molar-refractivity contribution in [2.75, 3.05) is 13.7 Å². The molecule has 1 aliphatic rings. The molecule has 0 bridgehead atoms. The van der Waals surface area contributed by atoms with Crippen molar-refractivity contribution in [3.63, 3.8) is 0 Å². The molecule has 0 amide bonds. The van der Waals surface area contributed by atoms with Crippen molar-refractivity contribution >= 4 is 0 Å². The number of ether oxygens (including phenoxy) is 2. The van der Waals surface area contributed by atoms with Gasteiger partial charge < -0.3 is 19.9 Å². The average molecular weight is 293 g/mol. The second-order valence-corrected chi connectivity index (χ2v) is 5.67. The molecule has 0 heterocycles. The molecule has 1 fully saturated rings. The van der Waals surface area contributed by atoms with Crippen molar-refractivity contribution in [1.82, 2.24) is 5.32 Å². The Labute approximate surface area is 127 Å². The molecule has 0 aromatic heterocycles. The van der Waals surface area contributed by atoms with E-state index in [0.29, 0.717) is 0 Å². The molecular formula is C17H27NO3. The topological polar surface area (TPSA) is 50.7 Å². The van der Waals surface area contributed by atoms with Gasteiger partial charge in [0, 0.05) is 6.54 Å². The summed E-state index contributed by atoms with van der Waals surface area (Å²) in [5.41, 5.74) is 1.17. The smallest absolute Gasteiger partial charge is 0.162 e. The molecule has 1 aromatic carbocycles. The standard InChI is InChI=1S/C17H27NO3/c1-3-10-18-12-13-8-9-16(20-2)17(11-13)21-15-7-5-4-6-14(15)19/h8-9,11,14-15,18-19H,3-7,10,12H2,1-2H3. The minimum atomic E-state index is -0.370. The molecule has 0 aliphatic heterocycles. The number of aliphatic hydroxyl groups excluding tert-OH is 1.